The summed E-state index contributed by atoms with van der Waals surface area (Å²) >= 11 is 0. The van der Waals surface area contributed by atoms with E-state index >= 15 is 0 Å². The molecule has 0 aliphatic carbocycles. The van der Waals surface area contributed by atoms with Gasteiger partial charge in [0.05, 0.1) is 0 Å². The highest BCUT2D eigenvalue weighted by Crippen LogP contribution is 2.45. The summed E-state index contributed by atoms with van der Waals surface area (Å²) in [5.41, 5.74) is 1.34. The lowest BCUT2D eigenvalue weighted by Crippen LogP contribution is -2.53. The van der Waals surface area contributed by atoms with Crippen LogP contribution in [-0.2, 0) is 11.3 Å². The smallest absolute Gasteiger partial charge is 0.341 e. The Morgan fingerprint density at radius 2 is 1.93 bits per heavy atom. The summed E-state index contributed by atoms with van der Waals surface area (Å²) in [4.78, 5) is 32.8. The molecule has 4 rings (SSSR count). The second-order valence-corrected chi connectivity index (χ2v) is 8.55. The molecule has 1 aromatic carbocycles. The molecule has 29 heavy (non-hydrogen) atoms. The minimum absolute atomic E-state index is 0.0118. The van der Waals surface area contributed by atoms with Gasteiger partial charge in [-0.2, -0.15) is 0 Å². The van der Waals surface area contributed by atoms with E-state index in [1.807, 2.05) is 4.90 Å². The summed E-state index contributed by atoms with van der Waals surface area (Å²) in [6, 6.07) is 12.5. The molecule has 1 spiro atoms. The van der Waals surface area contributed by atoms with E-state index in [9.17, 15) is 9.59 Å². The van der Waals surface area contributed by atoms with Crippen molar-refractivity contribution < 1.29 is 4.79 Å². The fourth-order valence-corrected chi connectivity index (χ4v) is 5.04. The number of rotatable bonds is 4. The van der Waals surface area contributed by atoms with E-state index in [0.29, 0.717) is 5.92 Å². The third-order valence-electron chi connectivity index (χ3n) is 6.70. The SMILES string of the molecule is CCN1C[C@@H](c2ccccc2)CC2(CCN(C(=O)Cn3cccnc3=O)CC2)C1. The number of carbonyl (C=O) groups is 1. The van der Waals surface area contributed by atoms with E-state index in [2.05, 4.69) is 47.1 Å². The highest BCUT2D eigenvalue weighted by Gasteiger charge is 2.42. The van der Waals surface area contributed by atoms with Crippen LogP contribution in [0, 0.1) is 5.41 Å². The first-order chi connectivity index (χ1) is 14.1. The van der Waals surface area contributed by atoms with Crippen LogP contribution in [0.25, 0.3) is 0 Å². The lowest BCUT2D eigenvalue weighted by molar-refractivity contribution is -0.135. The molecule has 154 valence electrons. The van der Waals surface area contributed by atoms with E-state index in [4.69, 9.17) is 0 Å². The van der Waals surface area contributed by atoms with E-state index < -0.39 is 0 Å². The van der Waals surface area contributed by atoms with Gasteiger partial charge in [0.1, 0.15) is 6.54 Å². The van der Waals surface area contributed by atoms with Crippen LogP contribution in [0.1, 0.15) is 37.7 Å². The molecule has 6 heteroatoms. The minimum atomic E-state index is -0.370. The van der Waals surface area contributed by atoms with Crippen LogP contribution in [0.15, 0.2) is 53.6 Å². The summed E-state index contributed by atoms with van der Waals surface area (Å²) in [6.45, 7) is 7.17. The molecule has 0 unspecified atom stereocenters. The predicted molar refractivity (Wildman–Crippen MR) is 113 cm³/mol. The van der Waals surface area contributed by atoms with Gasteiger partial charge in [-0.3, -0.25) is 9.36 Å². The number of amides is 1. The Kier molecular flexibility index (Phi) is 5.81. The van der Waals surface area contributed by atoms with Gasteiger partial charge in [-0.15, -0.1) is 0 Å². The van der Waals surface area contributed by atoms with E-state index in [1.165, 1.54) is 22.7 Å². The third-order valence-corrected chi connectivity index (χ3v) is 6.70. The Bertz CT molecular complexity index is 887. The first kappa shape index (κ1) is 19.8. The van der Waals surface area contributed by atoms with Crippen molar-refractivity contribution in [3.05, 3.63) is 64.8 Å². The molecule has 0 saturated carbocycles. The second kappa shape index (κ2) is 8.49. The number of benzene rings is 1. The monoisotopic (exact) mass is 394 g/mol. The molecule has 2 saturated heterocycles. The average molecular weight is 395 g/mol. The second-order valence-electron chi connectivity index (χ2n) is 8.55. The number of aromatic nitrogens is 2. The lowest BCUT2D eigenvalue weighted by Gasteiger charge is -2.50. The minimum Gasteiger partial charge on any atom is -0.341 e. The van der Waals surface area contributed by atoms with Gasteiger partial charge in [0.2, 0.25) is 5.91 Å². The fraction of sp³-hybridized carbons (Fsp3) is 0.522. The molecule has 2 aromatic rings. The van der Waals surface area contributed by atoms with Gasteiger partial charge < -0.3 is 9.80 Å². The molecule has 1 aromatic heterocycles. The Morgan fingerprint density at radius 3 is 2.62 bits per heavy atom. The van der Waals surface area contributed by atoms with Gasteiger partial charge in [0.25, 0.3) is 0 Å². The normalized spacial score (nSPS) is 22.0. The Balaban J connectivity index is 1.42. The maximum atomic E-state index is 12.7. The summed E-state index contributed by atoms with van der Waals surface area (Å²) in [7, 11) is 0. The van der Waals surface area contributed by atoms with E-state index in [0.717, 1.165) is 45.6 Å². The molecule has 2 aliphatic heterocycles. The molecule has 2 aliphatic rings. The van der Waals surface area contributed by atoms with Gasteiger partial charge >= 0.3 is 5.69 Å². The highest BCUT2D eigenvalue weighted by molar-refractivity contribution is 5.76. The fourth-order valence-electron chi connectivity index (χ4n) is 5.04. The summed E-state index contributed by atoms with van der Waals surface area (Å²) in [5, 5.41) is 0. The van der Waals surface area contributed by atoms with Crippen molar-refractivity contribution in [1.29, 1.82) is 0 Å². The van der Waals surface area contributed by atoms with Crippen LogP contribution in [-0.4, -0.2) is 58.0 Å². The lowest BCUT2D eigenvalue weighted by atomic mass is 9.68. The van der Waals surface area contributed by atoms with Crippen LogP contribution >= 0.6 is 0 Å². The molecule has 0 bridgehead atoms. The zero-order valence-corrected chi connectivity index (χ0v) is 17.2. The molecule has 2 fully saturated rings. The number of hydrogen-bond donors (Lipinski definition) is 0. The van der Waals surface area contributed by atoms with E-state index in [-0.39, 0.29) is 23.6 Å². The van der Waals surface area contributed by atoms with Crippen LogP contribution in [0.5, 0.6) is 0 Å². The van der Waals surface area contributed by atoms with Gasteiger partial charge in [0, 0.05) is 38.6 Å². The Hall–Kier alpha value is -2.47. The van der Waals surface area contributed by atoms with Crippen molar-refractivity contribution in [2.45, 2.75) is 38.6 Å². The molecule has 6 nitrogen and oxygen atoms in total. The zero-order valence-electron chi connectivity index (χ0n) is 17.2. The van der Waals surface area contributed by atoms with Crippen molar-refractivity contribution in [2.75, 3.05) is 32.7 Å². The standard InChI is InChI=1S/C23H30N4O2/c1-2-25-16-20(19-7-4-3-5-8-19)15-23(18-25)9-13-26(14-10-23)21(28)17-27-12-6-11-24-22(27)29/h3-8,11-12,20H,2,9-10,13-18H2,1H3/t20-/m0/s1. The maximum Gasteiger partial charge on any atom is 0.347 e. The molecule has 0 radical (unpaired) electrons. The van der Waals surface area contributed by atoms with Gasteiger partial charge in [-0.25, -0.2) is 9.78 Å². The molecule has 1 amide bonds. The van der Waals surface area contributed by atoms with Crippen LogP contribution in [0.4, 0.5) is 0 Å². The van der Waals surface area contributed by atoms with Crippen molar-refractivity contribution in [1.82, 2.24) is 19.4 Å². The number of hydrogen-bond acceptors (Lipinski definition) is 4. The predicted octanol–water partition coefficient (Wildman–Crippen LogP) is 2.36. The third kappa shape index (κ3) is 4.42. The van der Waals surface area contributed by atoms with Crippen molar-refractivity contribution in [2.24, 2.45) is 5.41 Å². The van der Waals surface area contributed by atoms with Crippen molar-refractivity contribution in [3.63, 3.8) is 0 Å². The topological polar surface area (TPSA) is 58.4 Å². The Morgan fingerprint density at radius 1 is 1.17 bits per heavy atom. The molecule has 3 heterocycles. The molecular weight excluding hydrogens is 364 g/mol. The maximum absolute atomic E-state index is 12.7. The quantitative estimate of drug-likeness (QED) is 0.799. The Labute approximate surface area is 172 Å². The number of likely N-dealkylation sites (N-methyl/N-ethyl adjacent to an activating group) is 1. The van der Waals surface area contributed by atoms with Crippen molar-refractivity contribution >= 4 is 5.91 Å². The molecule has 1 atom stereocenters. The number of likely N-dealkylation sites (tertiary alicyclic amines) is 2. The van der Waals surface area contributed by atoms with Crippen LogP contribution in [0.2, 0.25) is 0 Å². The largest absolute Gasteiger partial charge is 0.347 e. The summed E-state index contributed by atoms with van der Waals surface area (Å²) in [6.07, 6.45) is 6.34. The van der Waals surface area contributed by atoms with E-state index in [1.54, 1.807) is 12.3 Å². The number of piperidine rings is 2. The van der Waals surface area contributed by atoms with Gasteiger partial charge in [-0.1, -0.05) is 37.3 Å². The van der Waals surface area contributed by atoms with Crippen LogP contribution in [0.3, 0.4) is 0 Å². The van der Waals surface area contributed by atoms with Gasteiger partial charge in [0.15, 0.2) is 0 Å². The molecular formula is C23H30N4O2. The van der Waals surface area contributed by atoms with Crippen LogP contribution < -0.4 is 5.69 Å². The first-order valence-electron chi connectivity index (χ1n) is 10.7. The zero-order chi connectivity index (χ0) is 20.3. The molecule has 0 N–H and O–H groups in total. The number of carbonyl (C=O) groups excluding carboxylic acids is 1. The van der Waals surface area contributed by atoms with Crippen molar-refractivity contribution in [3.8, 4) is 0 Å². The summed E-state index contributed by atoms with van der Waals surface area (Å²) < 4.78 is 1.39. The highest BCUT2D eigenvalue weighted by atomic mass is 16.2. The average Bonchev–Trinajstić information content (AvgIpc) is 2.76. The first-order valence-corrected chi connectivity index (χ1v) is 10.7. The number of nitrogens with zero attached hydrogens (tertiary/aromatic N) is 4. The summed E-state index contributed by atoms with van der Waals surface area (Å²) in [5.74, 6) is 0.568. The van der Waals surface area contributed by atoms with Gasteiger partial charge in [-0.05, 0) is 48.8 Å².